The second-order valence-corrected chi connectivity index (χ2v) is 2.84. The number of thiol groups is 1. The Morgan fingerprint density at radius 1 is 1.58 bits per heavy atom. The first-order valence-electron chi connectivity index (χ1n) is 3.64. The number of Topliss-reactive ketones (excluding diaryl/α,β-unsaturated/α-hetero) is 1. The normalized spacial score (nSPS) is 12.5. The molecule has 0 aromatic heterocycles. The molecule has 0 saturated heterocycles. The number of carboxylic acids is 1. The molecule has 0 amide bonds. The highest BCUT2D eigenvalue weighted by molar-refractivity contribution is 7.80. The van der Waals surface area contributed by atoms with Gasteiger partial charge in [-0.3, -0.25) is 9.59 Å². The second kappa shape index (κ2) is 6.02. The Labute approximate surface area is 76.8 Å². The molecule has 1 atom stereocenters. The lowest BCUT2D eigenvalue weighted by Gasteiger charge is -2.09. The smallest absolute Gasteiger partial charge is 0.321 e. The Balaban J connectivity index is 3.59. The van der Waals surface area contributed by atoms with Crippen LogP contribution in [0, 0.1) is 0 Å². The molecule has 0 saturated carbocycles. The van der Waals surface area contributed by atoms with Gasteiger partial charge in [-0.05, 0) is 6.92 Å². The molecule has 0 aliphatic carbocycles. The lowest BCUT2D eigenvalue weighted by Crippen LogP contribution is -2.39. The first-order chi connectivity index (χ1) is 5.57. The molecule has 0 bridgehead atoms. The molecule has 0 unspecified atom stereocenters. The molecule has 0 aliphatic heterocycles. The molecule has 0 aromatic carbocycles. The molecular formula is C7H13NO3S. The molecule has 0 radical (unpaired) electrons. The number of carboxylic acid groups (broad SMARTS) is 1. The number of carbonyl (C=O) groups is 2. The summed E-state index contributed by atoms with van der Waals surface area (Å²) in [5.41, 5.74) is 0. The van der Waals surface area contributed by atoms with Crippen molar-refractivity contribution in [1.82, 2.24) is 5.32 Å². The van der Waals surface area contributed by atoms with Crippen molar-refractivity contribution in [1.29, 1.82) is 0 Å². The molecule has 12 heavy (non-hydrogen) atoms. The van der Waals surface area contributed by atoms with E-state index in [4.69, 9.17) is 5.11 Å². The van der Waals surface area contributed by atoms with E-state index in [0.717, 1.165) is 0 Å². The van der Waals surface area contributed by atoms with Crippen LogP contribution in [0.25, 0.3) is 0 Å². The number of hydrogen-bond acceptors (Lipinski definition) is 4. The van der Waals surface area contributed by atoms with Crippen molar-refractivity contribution in [2.24, 2.45) is 0 Å². The zero-order valence-corrected chi connectivity index (χ0v) is 7.80. The number of aliphatic carboxylic acids is 1. The minimum Gasteiger partial charge on any atom is -0.480 e. The predicted octanol–water partition coefficient (Wildman–Crippen LogP) is -0.0619. The Morgan fingerprint density at radius 3 is 2.50 bits per heavy atom. The summed E-state index contributed by atoms with van der Waals surface area (Å²) in [7, 11) is 0. The lowest BCUT2D eigenvalue weighted by molar-refractivity contribution is -0.139. The Morgan fingerprint density at radius 2 is 2.17 bits per heavy atom. The van der Waals surface area contributed by atoms with E-state index in [-0.39, 0.29) is 11.5 Å². The standard InChI is InChI=1S/C7H13NO3S/c1-5(9)2-3-8-6(4-12)7(10)11/h6,8,12H,2-4H2,1H3,(H,10,11)/t6-/m0/s1. The van der Waals surface area contributed by atoms with Crippen LogP contribution in [0.2, 0.25) is 0 Å². The van der Waals surface area contributed by atoms with Gasteiger partial charge < -0.3 is 10.4 Å². The minimum absolute atomic E-state index is 0.0470. The summed E-state index contributed by atoms with van der Waals surface area (Å²) in [5, 5.41) is 11.2. The molecule has 0 rings (SSSR count). The van der Waals surface area contributed by atoms with Crippen LogP contribution in [0.15, 0.2) is 0 Å². The number of rotatable bonds is 6. The molecule has 0 fully saturated rings. The summed E-state index contributed by atoms with van der Waals surface area (Å²) in [5.74, 6) is -0.660. The first-order valence-corrected chi connectivity index (χ1v) is 4.27. The van der Waals surface area contributed by atoms with Crippen LogP contribution in [0.1, 0.15) is 13.3 Å². The van der Waals surface area contributed by atoms with Gasteiger partial charge in [0.05, 0.1) is 0 Å². The highest BCUT2D eigenvalue weighted by atomic mass is 32.1. The fraction of sp³-hybridized carbons (Fsp3) is 0.714. The molecule has 70 valence electrons. The van der Waals surface area contributed by atoms with Crippen LogP contribution in [0.3, 0.4) is 0 Å². The van der Waals surface area contributed by atoms with Crippen molar-refractivity contribution in [2.75, 3.05) is 12.3 Å². The maximum Gasteiger partial charge on any atom is 0.321 e. The third-order valence-corrected chi connectivity index (χ3v) is 1.71. The van der Waals surface area contributed by atoms with E-state index in [1.807, 2.05) is 0 Å². The van der Waals surface area contributed by atoms with Gasteiger partial charge in [0.15, 0.2) is 0 Å². The van der Waals surface area contributed by atoms with Gasteiger partial charge in [0.25, 0.3) is 0 Å². The van der Waals surface area contributed by atoms with Gasteiger partial charge in [-0.15, -0.1) is 0 Å². The SMILES string of the molecule is CC(=O)CCN[C@@H](CS)C(=O)O. The number of ketones is 1. The summed E-state index contributed by atoms with van der Waals surface area (Å²) in [6.45, 7) is 1.87. The van der Waals surface area contributed by atoms with Gasteiger partial charge in [0.1, 0.15) is 11.8 Å². The highest BCUT2D eigenvalue weighted by Crippen LogP contribution is 1.89. The Hall–Kier alpha value is -0.550. The van der Waals surface area contributed by atoms with Gasteiger partial charge in [0.2, 0.25) is 0 Å². The topological polar surface area (TPSA) is 66.4 Å². The van der Waals surface area contributed by atoms with E-state index < -0.39 is 12.0 Å². The van der Waals surface area contributed by atoms with Crippen molar-refractivity contribution in [3.8, 4) is 0 Å². The zero-order chi connectivity index (χ0) is 9.56. The van der Waals surface area contributed by atoms with Gasteiger partial charge >= 0.3 is 5.97 Å². The van der Waals surface area contributed by atoms with E-state index >= 15 is 0 Å². The van der Waals surface area contributed by atoms with Crippen LogP contribution in [0.5, 0.6) is 0 Å². The van der Waals surface area contributed by atoms with Crippen molar-refractivity contribution in [2.45, 2.75) is 19.4 Å². The summed E-state index contributed by atoms with van der Waals surface area (Å²) >= 11 is 3.85. The van der Waals surface area contributed by atoms with Crippen LogP contribution in [0.4, 0.5) is 0 Å². The molecule has 0 spiro atoms. The van der Waals surface area contributed by atoms with Crippen molar-refractivity contribution in [3.05, 3.63) is 0 Å². The van der Waals surface area contributed by atoms with Gasteiger partial charge in [-0.2, -0.15) is 12.6 Å². The monoisotopic (exact) mass is 191 g/mol. The quantitative estimate of drug-likeness (QED) is 0.514. The number of carbonyl (C=O) groups excluding carboxylic acids is 1. The fourth-order valence-corrected chi connectivity index (χ4v) is 0.938. The van der Waals surface area contributed by atoms with Gasteiger partial charge in [-0.1, -0.05) is 0 Å². The summed E-state index contributed by atoms with van der Waals surface area (Å²) in [6.07, 6.45) is 0.359. The molecule has 0 aliphatic rings. The van der Waals surface area contributed by atoms with Crippen molar-refractivity contribution < 1.29 is 14.7 Å². The Kier molecular flexibility index (Phi) is 5.74. The van der Waals surface area contributed by atoms with E-state index in [0.29, 0.717) is 13.0 Å². The zero-order valence-electron chi connectivity index (χ0n) is 6.91. The van der Waals surface area contributed by atoms with Crippen molar-refractivity contribution >= 4 is 24.4 Å². The highest BCUT2D eigenvalue weighted by Gasteiger charge is 2.13. The second-order valence-electron chi connectivity index (χ2n) is 2.48. The predicted molar refractivity (Wildman–Crippen MR) is 48.6 cm³/mol. The van der Waals surface area contributed by atoms with E-state index in [9.17, 15) is 9.59 Å². The molecular weight excluding hydrogens is 178 g/mol. The van der Waals surface area contributed by atoms with E-state index in [1.54, 1.807) is 0 Å². The van der Waals surface area contributed by atoms with Crippen LogP contribution in [-0.2, 0) is 9.59 Å². The van der Waals surface area contributed by atoms with Gasteiger partial charge in [-0.25, -0.2) is 0 Å². The van der Waals surface area contributed by atoms with Crippen molar-refractivity contribution in [3.63, 3.8) is 0 Å². The van der Waals surface area contributed by atoms with E-state index in [2.05, 4.69) is 17.9 Å². The molecule has 2 N–H and O–H groups in total. The average molecular weight is 191 g/mol. The summed E-state index contributed by atoms with van der Waals surface area (Å²) < 4.78 is 0. The average Bonchev–Trinajstić information content (AvgIpc) is 1.96. The molecule has 4 nitrogen and oxygen atoms in total. The molecule has 5 heteroatoms. The summed E-state index contributed by atoms with van der Waals surface area (Å²) in [6, 6.07) is -0.660. The lowest BCUT2D eigenvalue weighted by atomic mass is 10.3. The maximum absolute atomic E-state index is 10.5. The molecule has 0 heterocycles. The summed E-state index contributed by atoms with van der Waals surface area (Å²) in [4.78, 5) is 20.9. The minimum atomic E-state index is -0.937. The third-order valence-electron chi connectivity index (χ3n) is 1.35. The van der Waals surface area contributed by atoms with Crippen LogP contribution >= 0.6 is 12.6 Å². The third kappa shape index (κ3) is 5.15. The van der Waals surface area contributed by atoms with Gasteiger partial charge in [0, 0.05) is 18.7 Å². The number of nitrogens with one attached hydrogen (secondary N) is 1. The van der Waals surface area contributed by atoms with Crippen LogP contribution < -0.4 is 5.32 Å². The fourth-order valence-electron chi connectivity index (χ4n) is 0.652. The largest absolute Gasteiger partial charge is 0.480 e. The van der Waals surface area contributed by atoms with E-state index in [1.165, 1.54) is 6.92 Å². The maximum atomic E-state index is 10.5. The van der Waals surface area contributed by atoms with Crippen LogP contribution in [-0.4, -0.2) is 35.2 Å². The molecule has 0 aromatic rings. The first kappa shape index (κ1) is 11.4. The number of hydrogen-bond donors (Lipinski definition) is 3. The Bertz CT molecular complexity index is 172.